The molecule has 0 aliphatic carbocycles. The monoisotopic (exact) mass is 1280 g/mol. The highest BCUT2D eigenvalue weighted by Gasteiger charge is 2.30. The van der Waals surface area contributed by atoms with Crippen LogP contribution in [0.15, 0.2) is 0 Å². The highest BCUT2D eigenvalue weighted by Crippen LogP contribution is 2.45. The van der Waals surface area contributed by atoms with Gasteiger partial charge in [-0.25, -0.2) is 9.13 Å². The van der Waals surface area contributed by atoms with Crippen LogP contribution in [0.4, 0.5) is 0 Å². The molecule has 2 unspecified atom stereocenters. The van der Waals surface area contributed by atoms with Crippen molar-refractivity contribution in [2.24, 2.45) is 5.92 Å². The number of aliphatic hydroxyl groups is 1. The number of aliphatic hydroxyl groups excluding tert-OH is 1. The van der Waals surface area contributed by atoms with Crippen LogP contribution < -0.4 is 0 Å². The molecule has 0 aromatic rings. The molecule has 516 valence electrons. The van der Waals surface area contributed by atoms with Crippen molar-refractivity contribution in [2.45, 2.75) is 368 Å². The highest BCUT2D eigenvalue weighted by atomic mass is 31.2. The van der Waals surface area contributed by atoms with E-state index < -0.39 is 97.5 Å². The van der Waals surface area contributed by atoms with Crippen LogP contribution >= 0.6 is 15.6 Å². The highest BCUT2D eigenvalue weighted by molar-refractivity contribution is 7.47. The molecule has 17 nitrogen and oxygen atoms in total. The van der Waals surface area contributed by atoms with E-state index in [0.717, 1.165) is 109 Å². The number of phosphoric ester groups is 2. The molecule has 0 heterocycles. The lowest BCUT2D eigenvalue weighted by atomic mass is 10.0. The van der Waals surface area contributed by atoms with E-state index in [1.165, 1.54) is 161 Å². The number of phosphoric acid groups is 2. The normalized spacial score (nSPS) is 14.1. The number of carbonyl (C=O) groups is 4. The molecule has 0 spiro atoms. The average Bonchev–Trinajstić information content (AvgIpc) is 3.69. The van der Waals surface area contributed by atoms with E-state index in [1.54, 1.807) is 0 Å². The summed E-state index contributed by atoms with van der Waals surface area (Å²) in [5.41, 5.74) is 0. The van der Waals surface area contributed by atoms with Gasteiger partial charge in [-0.15, -0.1) is 0 Å². The lowest BCUT2D eigenvalue weighted by molar-refractivity contribution is -0.161. The summed E-state index contributed by atoms with van der Waals surface area (Å²) in [5.74, 6) is -1.37. The van der Waals surface area contributed by atoms with Crippen molar-refractivity contribution in [3.05, 3.63) is 0 Å². The van der Waals surface area contributed by atoms with Crippen LogP contribution in [-0.2, 0) is 65.4 Å². The van der Waals surface area contributed by atoms with Crippen molar-refractivity contribution in [2.75, 3.05) is 39.6 Å². The summed E-state index contributed by atoms with van der Waals surface area (Å²) in [6.07, 6.45) is 47.2. The molecule has 87 heavy (non-hydrogen) atoms. The minimum Gasteiger partial charge on any atom is -0.462 e. The lowest BCUT2D eigenvalue weighted by Crippen LogP contribution is -2.30. The maximum absolute atomic E-state index is 13.0. The standard InChI is InChI=1S/C68H132O17P2/c1-6-9-12-15-18-20-22-24-25-26-28-34-39-44-49-54-68(73)85-64(58-79-66(71)52-47-42-37-32-30-29-31-36-40-45-50-61(4)5)60-83-87(76,77)81-56-62(69)55-80-86(74,75)82-59-63(57-78-65(70)51-46-41-35-17-14-11-8-3)84-67(72)53-48-43-38-33-27-23-21-19-16-13-10-7-2/h61-64,69H,6-60H2,1-5H3,(H,74,75)(H,76,77)/t62-,63+,64+/m0/s1. The smallest absolute Gasteiger partial charge is 0.462 e. The molecule has 0 aliphatic rings. The Hall–Kier alpha value is -1.94. The molecule has 0 aromatic carbocycles. The first-order valence-corrected chi connectivity index (χ1v) is 38.6. The van der Waals surface area contributed by atoms with Crippen LogP contribution in [0.1, 0.15) is 349 Å². The van der Waals surface area contributed by atoms with Gasteiger partial charge in [-0.1, -0.05) is 298 Å². The summed E-state index contributed by atoms with van der Waals surface area (Å²) < 4.78 is 68.1. The summed E-state index contributed by atoms with van der Waals surface area (Å²) in [6, 6.07) is 0. The second kappa shape index (κ2) is 61.6. The zero-order valence-corrected chi connectivity index (χ0v) is 57.9. The summed E-state index contributed by atoms with van der Waals surface area (Å²) in [6.45, 7) is 7.19. The van der Waals surface area contributed by atoms with E-state index in [9.17, 15) is 43.2 Å². The minimum atomic E-state index is -4.95. The van der Waals surface area contributed by atoms with Crippen LogP contribution in [0.25, 0.3) is 0 Å². The molecule has 0 rings (SSSR count). The Balaban J connectivity index is 5.21. The summed E-state index contributed by atoms with van der Waals surface area (Å²) >= 11 is 0. The number of esters is 4. The molecule has 0 saturated carbocycles. The van der Waals surface area contributed by atoms with Gasteiger partial charge in [0, 0.05) is 25.7 Å². The van der Waals surface area contributed by atoms with E-state index in [2.05, 4.69) is 34.6 Å². The van der Waals surface area contributed by atoms with Gasteiger partial charge < -0.3 is 33.8 Å². The Kier molecular flexibility index (Phi) is 60.2. The predicted molar refractivity (Wildman–Crippen MR) is 349 cm³/mol. The zero-order chi connectivity index (χ0) is 64.2. The van der Waals surface area contributed by atoms with E-state index in [-0.39, 0.29) is 25.7 Å². The second-order valence-corrected chi connectivity index (χ2v) is 27.9. The third-order valence-corrected chi connectivity index (χ3v) is 17.7. The largest absolute Gasteiger partial charge is 0.472 e. The van der Waals surface area contributed by atoms with Crippen molar-refractivity contribution in [3.8, 4) is 0 Å². The molecular weight excluding hydrogens is 1150 g/mol. The molecule has 0 radical (unpaired) electrons. The van der Waals surface area contributed by atoms with Gasteiger partial charge in [-0.3, -0.25) is 37.3 Å². The number of hydrogen-bond donors (Lipinski definition) is 3. The lowest BCUT2D eigenvalue weighted by Gasteiger charge is -2.21. The first-order chi connectivity index (χ1) is 42.0. The molecule has 3 N–H and O–H groups in total. The molecule has 19 heteroatoms. The summed E-state index contributed by atoms with van der Waals surface area (Å²) in [5, 5.41) is 10.6. The summed E-state index contributed by atoms with van der Waals surface area (Å²) in [7, 11) is -9.89. The van der Waals surface area contributed by atoms with Gasteiger partial charge in [0.2, 0.25) is 0 Å². The molecule has 0 fully saturated rings. The first kappa shape index (κ1) is 85.1. The Morgan fingerprint density at radius 1 is 0.310 bits per heavy atom. The Morgan fingerprint density at radius 2 is 0.529 bits per heavy atom. The second-order valence-electron chi connectivity index (χ2n) is 25.0. The van der Waals surface area contributed by atoms with Gasteiger partial charge in [0.05, 0.1) is 26.4 Å². The van der Waals surface area contributed by atoms with Crippen LogP contribution in [0.2, 0.25) is 0 Å². The molecule has 0 amide bonds. The minimum absolute atomic E-state index is 0.107. The average molecular weight is 1280 g/mol. The maximum Gasteiger partial charge on any atom is 0.472 e. The third kappa shape index (κ3) is 62.6. The van der Waals surface area contributed by atoms with Gasteiger partial charge in [0.1, 0.15) is 19.3 Å². The molecule has 0 aromatic heterocycles. The van der Waals surface area contributed by atoms with Gasteiger partial charge in [-0.05, 0) is 31.6 Å². The van der Waals surface area contributed by atoms with Crippen molar-refractivity contribution >= 4 is 39.5 Å². The van der Waals surface area contributed by atoms with E-state index in [0.29, 0.717) is 25.7 Å². The number of carbonyl (C=O) groups excluding carboxylic acids is 4. The molecular formula is C68H132O17P2. The quantitative estimate of drug-likeness (QED) is 0.0222. The number of ether oxygens (including phenoxy) is 4. The molecule has 5 atom stereocenters. The first-order valence-electron chi connectivity index (χ1n) is 35.6. The van der Waals surface area contributed by atoms with Crippen molar-refractivity contribution in [1.82, 2.24) is 0 Å². The number of rotatable bonds is 68. The van der Waals surface area contributed by atoms with E-state index >= 15 is 0 Å². The SMILES string of the molecule is CCCCCCCCCCCCCCCCCC(=O)O[C@H](COC(=O)CCCCCCCCCCCCC(C)C)COP(=O)(O)OC[C@@H](O)COP(=O)(O)OC[C@@H](COC(=O)CCCCCCCCC)OC(=O)CCCCCCCCCCCCCC. The van der Waals surface area contributed by atoms with Crippen LogP contribution in [0.5, 0.6) is 0 Å². The topological polar surface area (TPSA) is 237 Å². The predicted octanol–water partition coefficient (Wildman–Crippen LogP) is 19.4. The molecule has 0 aliphatic heterocycles. The Bertz CT molecular complexity index is 1690. The zero-order valence-electron chi connectivity index (χ0n) is 56.2. The van der Waals surface area contributed by atoms with Crippen molar-refractivity contribution in [1.29, 1.82) is 0 Å². The Morgan fingerprint density at radius 3 is 0.782 bits per heavy atom. The van der Waals surface area contributed by atoms with Gasteiger partial charge >= 0.3 is 39.5 Å². The Labute approximate surface area is 530 Å². The van der Waals surface area contributed by atoms with Gasteiger partial charge in [0.25, 0.3) is 0 Å². The molecule has 0 bridgehead atoms. The van der Waals surface area contributed by atoms with E-state index in [1.807, 2.05) is 0 Å². The van der Waals surface area contributed by atoms with Crippen LogP contribution in [0, 0.1) is 5.92 Å². The van der Waals surface area contributed by atoms with E-state index in [4.69, 9.17) is 37.0 Å². The van der Waals surface area contributed by atoms with Crippen LogP contribution in [-0.4, -0.2) is 96.7 Å². The fourth-order valence-corrected chi connectivity index (χ4v) is 11.9. The fraction of sp³-hybridized carbons (Fsp3) is 0.941. The number of hydrogen-bond acceptors (Lipinski definition) is 15. The van der Waals surface area contributed by atoms with Gasteiger partial charge in [-0.2, -0.15) is 0 Å². The molecule has 0 saturated heterocycles. The maximum atomic E-state index is 13.0. The number of unbranched alkanes of at least 4 members (excludes halogenated alkanes) is 40. The van der Waals surface area contributed by atoms with Crippen molar-refractivity contribution < 1.29 is 80.2 Å². The van der Waals surface area contributed by atoms with Crippen molar-refractivity contribution in [3.63, 3.8) is 0 Å². The fourth-order valence-electron chi connectivity index (χ4n) is 10.3. The third-order valence-electron chi connectivity index (χ3n) is 15.8. The summed E-state index contributed by atoms with van der Waals surface area (Å²) in [4.78, 5) is 72.3. The van der Waals surface area contributed by atoms with Crippen LogP contribution in [0.3, 0.4) is 0 Å². The van der Waals surface area contributed by atoms with Gasteiger partial charge in [0.15, 0.2) is 12.2 Å².